The third-order valence-electron chi connectivity index (χ3n) is 4.72. The van der Waals surface area contributed by atoms with Crippen LogP contribution in [-0.2, 0) is 4.79 Å². The molecule has 1 fully saturated rings. The van der Waals surface area contributed by atoms with Crippen molar-refractivity contribution in [1.29, 1.82) is 0 Å². The Morgan fingerprint density at radius 3 is 2.35 bits per heavy atom. The molecule has 0 spiro atoms. The third-order valence-corrected chi connectivity index (χ3v) is 4.72. The molecule has 1 rings (SSSR count). The second-order valence-electron chi connectivity index (χ2n) is 6.50. The normalized spacial score (nSPS) is 20.5. The number of hydrogen-bond donors (Lipinski definition) is 1. The van der Waals surface area contributed by atoms with Crippen molar-refractivity contribution in [3.8, 4) is 0 Å². The van der Waals surface area contributed by atoms with E-state index in [1.165, 1.54) is 6.42 Å². The number of likely N-dealkylation sites (tertiary alicyclic amines) is 1. The van der Waals surface area contributed by atoms with E-state index >= 15 is 0 Å². The first-order chi connectivity index (χ1) is 9.50. The highest BCUT2D eigenvalue weighted by Crippen LogP contribution is 2.32. The Hall–Kier alpha value is -0.610. The van der Waals surface area contributed by atoms with Gasteiger partial charge in [-0.15, -0.1) is 0 Å². The molecule has 118 valence electrons. The number of nitrogens with zero attached hydrogens (tertiary/aromatic N) is 2. The Balaban J connectivity index is 2.82. The maximum atomic E-state index is 13.0. The zero-order chi connectivity index (χ0) is 15.2. The summed E-state index contributed by atoms with van der Waals surface area (Å²) < 4.78 is 0. The van der Waals surface area contributed by atoms with Gasteiger partial charge in [-0.3, -0.25) is 4.79 Å². The van der Waals surface area contributed by atoms with Crippen LogP contribution in [0.5, 0.6) is 0 Å². The number of nitrogens with two attached hydrogens (primary N) is 1. The van der Waals surface area contributed by atoms with E-state index in [1.54, 1.807) is 0 Å². The first-order valence-corrected chi connectivity index (χ1v) is 8.16. The van der Waals surface area contributed by atoms with Gasteiger partial charge in [-0.25, -0.2) is 0 Å². The summed E-state index contributed by atoms with van der Waals surface area (Å²) in [7, 11) is 4.21. The standard InChI is InChI=1S/C16H33N3O/c1-5-9-16(13-17,10-6-2)15(20)19-11-7-8-14(12-19)18(3)4/h14H,5-13,17H2,1-4H3. The van der Waals surface area contributed by atoms with Crippen molar-refractivity contribution >= 4 is 5.91 Å². The molecule has 0 aromatic heterocycles. The van der Waals surface area contributed by atoms with Gasteiger partial charge in [-0.2, -0.15) is 0 Å². The van der Waals surface area contributed by atoms with Crippen molar-refractivity contribution in [2.24, 2.45) is 11.1 Å². The first kappa shape index (κ1) is 17.4. The number of piperidine rings is 1. The molecule has 20 heavy (non-hydrogen) atoms. The number of carbonyl (C=O) groups excluding carboxylic acids is 1. The molecule has 1 saturated heterocycles. The fourth-order valence-electron chi connectivity index (χ4n) is 3.48. The molecule has 1 amide bonds. The van der Waals surface area contributed by atoms with Crippen LogP contribution in [0.3, 0.4) is 0 Å². The molecule has 1 aliphatic heterocycles. The van der Waals surface area contributed by atoms with Crippen LogP contribution in [0.1, 0.15) is 52.4 Å². The molecule has 0 aromatic carbocycles. The van der Waals surface area contributed by atoms with Crippen molar-refractivity contribution in [3.05, 3.63) is 0 Å². The SMILES string of the molecule is CCCC(CN)(CCC)C(=O)N1CCCC(N(C)C)C1. The van der Waals surface area contributed by atoms with Gasteiger partial charge in [0.25, 0.3) is 0 Å². The quantitative estimate of drug-likeness (QED) is 0.778. The van der Waals surface area contributed by atoms with Crippen LogP contribution in [0, 0.1) is 5.41 Å². The predicted octanol–water partition coefficient (Wildman–Crippen LogP) is 2.08. The molecular weight excluding hydrogens is 250 g/mol. The maximum Gasteiger partial charge on any atom is 0.230 e. The average Bonchev–Trinajstić information content (AvgIpc) is 2.46. The number of likely N-dealkylation sites (N-methyl/N-ethyl adjacent to an activating group) is 1. The Kier molecular flexibility index (Phi) is 6.96. The molecular formula is C16H33N3O. The van der Waals surface area contributed by atoms with E-state index in [0.29, 0.717) is 18.5 Å². The highest BCUT2D eigenvalue weighted by atomic mass is 16.2. The van der Waals surface area contributed by atoms with Gasteiger partial charge in [-0.05, 0) is 39.8 Å². The fraction of sp³-hybridized carbons (Fsp3) is 0.938. The van der Waals surface area contributed by atoms with E-state index < -0.39 is 0 Å². The van der Waals surface area contributed by atoms with Gasteiger partial charge in [0.15, 0.2) is 0 Å². The first-order valence-electron chi connectivity index (χ1n) is 8.16. The molecule has 0 saturated carbocycles. The smallest absolute Gasteiger partial charge is 0.230 e. The lowest BCUT2D eigenvalue weighted by atomic mass is 9.77. The van der Waals surface area contributed by atoms with Gasteiger partial charge in [0.1, 0.15) is 0 Å². The lowest BCUT2D eigenvalue weighted by Gasteiger charge is -2.42. The van der Waals surface area contributed by atoms with Crippen molar-refractivity contribution < 1.29 is 4.79 Å². The van der Waals surface area contributed by atoms with Crippen LogP contribution < -0.4 is 5.73 Å². The lowest BCUT2D eigenvalue weighted by Crippen LogP contribution is -2.54. The molecule has 0 bridgehead atoms. The minimum atomic E-state index is -0.322. The second kappa shape index (κ2) is 7.99. The number of rotatable bonds is 7. The molecule has 4 nitrogen and oxygen atoms in total. The fourth-order valence-corrected chi connectivity index (χ4v) is 3.48. The van der Waals surface area contributed by atoms with Gasteiger partial charge in [0.05, 0.1) is 5.41 Å². The average molecular weight is 283 g/mol. The Bertz CT molecular complexity index is 298. The molecule has 1 heterocycles. The number of hydrogen-bond acceptors (Lipinski definition) is 3. The highest BCUT2D eigenvalue weighted by Gasteiger charge is 2.39. The summed E-state index contributed by atoms with van der Waals surface area (Å²) in [6.45, 7) is 6.54. The Labute approximate surface area is 124 Å². The summed E-state index contributed by atoms with van der Waals surface area (Å²) >= 11 is 0. The second-order valence-corrected chi connectivity index (χ2v) is 6.50. The summed E-state index contributed by atoms with van der Waals surface area (Å²) in [6, 6.07) is 0.492. The molecule has 2 N–H and O–H groups in total. The molecule has 0 aliphatic carbocycles. The summed E-state index contributed by atoms with van der Waals surface area (Å²) in [5, 5.41) is 0. The molecule has 1 aliphatic rings. The number of amides is 1. The van der Waals surface area contributed by atoms with Crippen molar-refractivity contribution in [1.82, 2.24) is 9.80 Å². The van der Waals surface area contributed by atoms with Gasteiger partial charge in [-0.1, -0.05) is 26.7 Å². The van der Waals surface area contributed by atoms with Gasteiger partial charge in [0.2, 0.25) is 5.91 Å². The van der Waals surface area contributed by atoms with Crippen LogP contribution in [0.2, 0.25) is 0 Å². The molecule has 0 aromatic rings. The topological polar surface area (TPSA) is 49.6 Å². The minimum absolute atomic E-state index is 0.301. The van der Waals surface area contributed by atoms with E-state index in [9.17, 15) is 4.79 Å². The Morgan fingerprint density at radius 1 is 1.30 bits per heavy atom. The van der Waals surface area contributed by atoms with Gasteiger partial charge in [0, 0.05) is 25.7 Å². The summed E-state index contributed by atoms with van der Waals surface area (Å²) in [5.74, 6) is 0.301. The molecule has 1 atom stereocenters. The van der Waals surface area contributed by atoms with Crippen LogP contribution in [0.4, 0.5) is 0 Å². The van der Waals surface area contributed by atoms with E-state index in [4.69, 9.17) is 5.73 Å². The van der Waals surface area contributed by atoms with Gasteiger partial charge >= 0.3 is 0 Å². The summed E-state index contributed by atoms with van der Waals surface area (Å²) in [6.07, 6.45) is 6.17. The summed E-state index contributed by atoms with van der Waals surface area (Å²) in [4.78, 5) is 17.3. The van der Waals surface area contributed by atoms with Crippen LogP contribution in [0.25, 0.3) is 0 Å². The van der Waals surface area contributed by atoms with E-state index in [2.05, 4.69) is 37.7 Å². The van der Waals surface area contributed by atoms with Crippen LogP contribution >= 0.6 is 0 Å². The van der Waals surface area contributed by atoms with Crippen molar-refractivity contribution in [2.75, 3.05) is 33.7 Å². The minimum Gasteiger partial charge on any atom is -0.341 e. The van der Waals surface area contributed by atoms with Crippen LogP contribution in [0.15, 0.2) is 0 Å². The highest BCUT2D eigenvalue weighted by molar-refractivity contribution is 5.83. The van der Waals surface area contributed by atoms with Crippen LogP contribution in [-0.4, -0.2) is 55.5 Å². The van der Waals surface area contributed by atoms with E-state index in [0.717, 1.165) is 45.2 Å². The predicted molar refractivity (Wildman–Crippen MR) is 84.6 cm³/mol. The monoisotopic (exact) mass is 283 g/mol. The van der Waals surface area contributed by atoms with E-state index in [1.807, 2.05) is 0 Å². The molecule has 0 radical (unpaired) electrons. The lowest BCUT2D eigenvalue weighted by molar-refractivity contribution is -0.144. The third kappa shape index (κ3) is 3.95. The Morgan fingerprint density at radius 2 is 1.90 bits per heavy atom. The van der Waals surface area contributed by atoms with E-state index in [-0.39, 0.29) is 5.41 Å². The van der Waals surface area contributed by atoms with Gasteiger partial charge < -0.3 is 15.5 Å². The maximum absolute atomic E-state index is 13.0. The van der Waals surface area contributed by atoms with Crippen molar-refractivity contribution in [2.45, 2.75) is 58.4 Å². The largest absolute Gasteiger partial charge is 0.341 e. The number of carbonyl (C=O) groups is 1. The zero-order valence-electron chi connectivity index (χ0n) is 13.8. The zero-order valence-corrected chi connectivity index (χ0v) is 13.8. The van der Waals surface area contributed by atoms with Crippen molar-refractivity contribution in [3.63, 3.8) is 0 Å². The molecule has 4 heteroatoms. The molecule has 1 unspecified atom stereocenters. The summed E-state index contributed by atoms with van der Waals surface area (Å²) in [5.41, 5.74) is 5.70.